The molecule has 0 atom stereocenters. The molecule has 1 heterocycles. The van der Waals surface area contributed by atoms with Crippen LogP contribution in [-0.2, 0) is 21.2 Å². The third kappa shape index (κ3) is 4.88. The van der Waals surface area contributed by atoms with Crippen molar-refractivity contribution in [2.24, 2.45) is 0 Å². The van der Waals surface area contributed by atoms with Crippen LogP contribution >= 0.6 is 0 Å². The van der Waals surface area contributed by atoms with Gasteiger partial charge in [0.15, 0.2) is 0 Å². The molecule has 0 saturated heterocycles. The van der Waals surface area contributed by atoms with Gasteiger partial charge in [0.2, 0.25) is 10.0 Å². The van der Waals surface area contributed by atoms with Crippen molar-refractivity contribution in [2.75, 3.05) is 35.6 Å². The summed E-state index contributed by atoms with van der Waals surface area (Å²) in [4.78, 5) is 2.28. The van der Waals surface area contributed by atoms with Crippen LogP contribution in [0.5, 0.6) is 0 Å². The van der Waals surface area contributed by atoms with Crippen LogP contribution in [-0.4, -0.2) is 40.0 Å². The van der Waals surface area contributed by atoms with Gasteiger partial charge in [0, 0.05) is 18.8 Å². The van der Waals surface area contributed by atoms with Gasteiger partial charge in [0.05, 0.1) is 24.2 Å². The summed E-state index contributed by atoms with van der Waals surface area (Å²) in [5, 5.41) is 0. The molecular weight excluding hydrogens is 300 g/mol. The highest BCUT2D eigenvalue weighted by Crippen LogP contribution is 2.33. The Bertz CT molecular complexity index is 621. The fourth-order valence-corrected chi connectivity index (χ4v) is 3.28. The van der Waals surface area contributed by atoms with Crippen molar-refractivity contribution in [1.29, 1.82) is 0 Å². The second kappa shape index (κ2) is 6.46. The molecule has 0 radical (unpaired) electrons. The van der Waals surface area contributed by atoms with Gasteiger partial charge in [-0.3, -0.25) is 4.72 Å². The van der Waals surface area contributed by atoms with Crippen LogP contribution in [0.15, 0.2) is 18.2 Å². The smallest absolute Gasteiger partial charge is 0.229 e. The van der Waals surface area contributed by atoms with Gasteiger partial charge in [-0.15, -0.1) is 0 Å². The maximum Gasteiger partial charge on any atom is 0.229 e. The maximum absolute atomic E-state index is 11.5. The zero-order valence-electron chi connectivity index (χ0n) is 13.8. The molecule has 6 heteroatoms. The highest BCUT2D eigenvalue weighted by Gasteiger charge is 2.21. The molecule has 1 aromatic carbocycles. The first-order valence-corrected chi connectivity index (χ1v) is 9.53. The Kier molecular flexibility index (Phi) is 5.02. The monoisotopic (exact) mass is 326 g/mol. The second-order valence-corrected chi connectivity index (χ2v) is 8.48. The van der Waals surface area contributed by atoms with Crippen LogP contribution in [0.1, 0.15) is 32.8 Å². The van der Waals surface area contributed by atoms with E-state index in [2.05, 4.69) is 15.7 Å². The number of rotatable bonds is 5. The van der Waals surface area contributed by atoms with E-state index in [0.29, 0.717) is 12.3 Å². The van der Waals surface area contributed by atoms with E-state index in [0.717, 1.165) is 37.2 Å². The minimum absolute atomic E-state index is 0.141. The maximum atomic E-state index is 11.5. The third-order valence-corrected chi connectivity index (χ3v) is 4.13. The lowest BCUT2D eigenvalue weighted by atomic mass is 10.00. The van der Waals surface area contributed by atoms with E-state index >= 15 is 0 Å². The van der Waals surface area contributed by atoms with Gasteiger partial charge in [-0.1, -0.05) is 6.07 Å². The van der Waals surface area contributed by atoms with E-state index in [1.807, 2.05) is 32.9 Å². The quantitative estimate of drug-likeness (QED) is 0.904. The first-order valence-electron chi connectivity index (χ1n) is 7.64. The SMILES string of the molecule is CC(C)(C)OCCN1CCCc2c(NS(C)(=O)=O)cccc21. The number of nitrogens with zero attached hydrogens (tertiary/aromatic N) is 1. The fraction of sp³-hybridized carbons (Fsp3) is 0.625. The van der Waals surface area contributed by atoms with E-state index < -0.39 is 10.0 Å². The summed E-state index contributed by atoms with van der Waals surface area (Å²) >= 11 is 0. The van der Waals surface area contributed by atoms with Crippen LogP contribution in [0.3, 0.4) is 0 Å². The lowest BCUT2D eigenvalue weighted by molar-refractivity contribution is 0.00128. The highest BCUT2D eigenvalue weighted by atomic mass is 32.2. The molecule has 5 nitrogen and oxygen atoms in total. The molecule has 1 aliphatic heterocycles. The first kappa shape index (κ1) is 17.1. The molecule has 124 valence electrons. The molecule has 22 heavy (non-hydrogen) atoms. The van der Waals surface area contributed by atoms with Gasteiger partial charge in [-0.2, -0.15) is 0 Å². The van der Waals surface area contributed by atoms with E-state index in [-0.39, 0.29) is 5.60 Å². The average Bonchev–Trinajstić information content (AvgIpc) is 2.36. The van der Waals surface area contributed by atoms with Gasteiger partial charge >= 0.3 is 0 Å². The summed E-state index contributed by atoms with van der Waals surface area (Å²) in [5.74, 6) is 0. The van der Waals surface area contributed by atoms with Crippen molar-refractivity contribution in [3.8, 4) is 0 Å². The predicted octanol–water partition coefficient (Wildman–Crippen LogP) is 2.63. The Morgan fingerprint density at radius 2 is 2.05 bits per heavy atom. The number of hydrogen-bond donors (Lipinski definition) is 1. The normalized spacial score (nSPS) is 15.5. The van der Waals surface area contributed by atoms with Crippen molar-refractivity contribution < 1.29 is 13.2 Å². The van der Waals surface area contributed by atoms with Crippen LogP contribution in [0.4, 0.5) is 11.4 Å². The predicted molar refractivity (Wildman–Crippen MR) is 91.1 cm³/mol. The molecule has 0 unspecified atom stereocenters. The topological polar surface area (TPSA) is 58.6 Å². The molecule has 0 amide bonds. The average molecular weight is 326 g/mol. The minimum Gasteiger partial charge on any atom is -0.374 e. The lowest BCUT2D eigenvalue weighted by Crippen LogP contribution is -2.34. The number of ether oxygens (including phenoxy) is 1. The Morgan fingerprint density at radius 1 is 1.32 bits per heavy atom. The van der Waals surface area contributed by atoms with Crippen LogP contribution in [0.25, 0.3) is 0 Å². The second-order valence-electron chi connectivity index (χ2n) is 6.73. The molecular formula is C16H26N2O3S. The molecule has 0 bridgehead atoms. The summed E-state index contributed by atoms with van der Waals surface area (Å²) in [6.45, 7) is 8.59. The Balaban J connectivity index is 2.15. The first-order chi connectivity index (χ1) is 10.2. The molecule has 0 aromatic heterocycles. The van der Waals surface area contributed by atoms with Crippen molar-refractivity contribution in [3.05, 3.63) is 23.8 Å². The summed E-state index contributed by atoms with van der Waals surface area (Å²) in [6.07, 6.45) is 3.10. The van der Waals surface area contributed by atoms with E-state index in [1.54, 1.807) is 0 Å². The molecule has 0 fully saturated rings. The van der Waals surface area contributed by atoms with Crippen LogP contribution in [0.2, 0.25) is 0 Å². The molecule has 2 rings (SSSR count). The number of nitrogens with one attached hydrogen (secondary N) is 1. The number of fused-ring (bicyclic) bond motifs is 1. The zero-order chi connectivity index (χ0) is 16.4. The number of hydrogen-bond acceptors (Lipinski definition) is 4. The van der Waals surface area contributed by atoms with Gasteiger partial charge < -0.3 is 9.64 Å². The van der Waals surface area contributed by atoms with E-state index in [4.69, 9.17) is 4.74 Å². The molecule has 1 aromatic rings. The standard InChI is InChI=1S/C16H26N2O3S/c1-16(2,3)21-12-11-18-10-6-7-13-14(17-22(4,19)20)8-5-9-15(13)18/h5,8-9,17H,6-7,10-12H2,1-4H3. The van der Waals surface area contributed by atoms with Gasteiger partial charge in [0.25, 0.3) is 0 Å². The van der Waals surface area contributed by atoms with Crippen molar-refractivity contribution >= 4 is 21.4 Å². The molecule has 1 aliphatic rings. The van der Waals surface area contributed by atoms with Gasteiger partial charge in [-0.25, -0.2) is 8.42 Å². The lowest BCUT2D eigenvalue weighted by Gasteiger charge is -2.33. The van der Waals surface area contributed by atoms with Crippen molar-refractivity contribution in [3.63, 3.8) is 0 Å². The number of anilines is 2. The highest BCUT2D eigenvalue weighted by molar-refractivity contribution is 7.92. The largest absolute Gasteiger partial charge is 0.374 e. The summed E-state index contributed by atoms with van der Waals surface area (Å²) < 4.78 is 31.4. The molecule has 0 aliphatic carbocycles. The Labute approximate surface area is 133 Å². The molecule has 0 saturated carbocycles. The molecule has 0 spiro atoms. The number of benzene rings is 1. The van der Waals surface area contributed by atoms with Crippen LogP contribution in [0, 0.1) is 0 Å². The van der Waals surface area contributed by atoms with Gasteiger partial charge in [0.1, 0.15) is 0 Å². The van der Waals surface area contributed by atoms with Gasteiger partial charge in [-0.05, 0) is 51.3 Å². The van der Waals surface area contributed by atoms with Crippen molar-refractivity contribution in [1.82, 2.24) is 0 Å². The Morgan fingerprint density at radius 3 is 2.68 bits per heavy atom. The zero-order valence-corrected chi connectivity index (χ0v) is 14.7. The van der Waals surface area contributed by atoms with Crippen LogP contribution < -0.4 is 9.62 Å². The summed E-state index contributed by atoms with van der Waals surface area (Å²) in [7, 11) is -3.26. The Hall–Kier alpha value is -1.27. The summed E-state index contributed by atoms with van der Waals surface area (Å²) in [6, 6.07) is 5.78. The third-order valence-electron chi connectivity index (χ3n) is 3.54. The minimum atomic E-state index is -3.26. The van der Waals surface area contributed by atoms with E-state index in [9.17, 15) is 8.42 Å². The summed E-state index contributed by atoms with van der Waals surface area (Å²) in [5.41, 5.74) is 2.74. The van der Waals surface area contributed by atoms with Crippen molar-refractivity contribution in [2.45, 2.75) is 39.2 Å². The van der Waals surface area contributed by atoms with E-state index in [1.165, 1.54) is 6.26 Å². The molecule has 1 N–H and O–H groups in total. The number of sulfonamides is 1. The fourth-order valence-electron chi connectivity index (χ4n) is 2.69.